The molecule has 1 aliphatic rings. The molecule has 0 amide bonds. The van der Waals surface area contributed by atoms with Crippen molar-refractivity contribution >= 4 is 0 Å². The lowest BCUT2D eigenvalue weighted by atomic mass is 9.67. The van der Waals surface area contributed by atoms with Crippen LogP contribution in [-0.2, 0) is 6.54 Å². The molecule has 1 saturated carbocycles. The summed E-state index contributed by atoms with van der Waals surface area (Å²) in [5.74, 6) is 0. The molecule has 0 atom stereocenters. The zero-order valence-corrected chi connectivity index (χ0v) is 9.64. The highest BCUT2D eigenvalue weighted by atomic mass is 15.0. The summed E-state index contributed by atoms with van der Waals surface area (Å²) in [6.07, 6.45) is 5.64. The first-order valence-electron chi connectivity index (χ1n) is 5.80. The minimum Gasteiger partial charge on any atom is -0.349 e. The zero-order valence-electron chi connectivity index (χ0n) is 9.64. The summed E-state index contributed by atoms with van der Waals surface area (Å²) in [4.78, 5) is 0. The fraction of sp³-hybridized carbons (Fsp3) is 0.692. The van der Waals surface area contributed by atoms with E-state index >= 15 is 0 Å². The molecular formula is C13H21N. The number of aromatic nitrogens is 1. The van der Waals surface area contributed by atoms with Crippen molar-refractivity contribution < 1.29 is 0 Å². The molecule has 1 aromatic heterocycles. The molecule has 0 bridgehead atoms. The molecule has 1 aliphatic carbocycles. The predicted octanol–water partition coefficient (Wildman–Crippen LogP) is 3.69. The molecule has 2 rings (SSSR count). The molecule has 0 radical (unpaired) electrons. The van der Waals surface area contributed by atoms with Crippen molar-refractivity contribution in [1.82, 2.24) is 4.57 Å². The Hall–Kier alpha value is -0.720. The van der Waals surface area contributed by atoms with Gasteiger partial charge >= 0.3 is 0 Å². The first-order valence-corrected chi connectivity index (χ1v) is 5.80. The van der Waals surface area contributed by atoms with Gasteiger partial charge in [-0.2, -0.15) is 0 Å². The van der Waals surface area contributed by atoms with Gasteiger partial charge in [-0.3, -0.25) is 0 Å². The third kappa shape index (κ3) is 1.49. The molecule has 0 aliphatic heterocycles. The van der Waals surface area contributed by atoms with Gasteiger partial charge in [-0.15, -0.1) is 0 Å². The molecule has 14 heavy (non-hydrogen) atoms. The smallest absolute Gasteiger partial charge is 0.0281 e. The molecule has 1 heteroatoms. The van der Waals surface area contributed by atoms with Crippen LogP contribution in [0.4, 0.5) is 0 Å². The zero-order chi connectivity index (χ0) is 10.2. The third-order valence-corrected chi connectivity index (χ3v) is 4.07. The Morgan fingerprint density at radius 1 is 1.21 bits per heavy atom. The molecule has 1 fully saturated rings. The van der Waals surface area contributed by atoms with Gasteiger partial charge < -0.3 is 4.57 Å². The van der Waals surface area contributed by atoms with E-state index in [-0.39, 0.29) is 0 Å². The predicted molar refractivity (Wildman–Crippen MR) is 60.5 cm³/mol. The van der Waals surface area contributed by atoms with Crippen LogP contribution >= 0.6 is 0 Å². The maximum Gasteiger partial charge on any atom is 0.0281 e. The molecule has 78 valence electrons. The Labute approximate surface area is 87.1 Å². The van der Waals surface area contributed by atoms with Crippen molar-refractivity contribution in [2.75, 3.05) is 0 Å². The van der Waals surface area contributed by atoms with Gasteiger partial charge in [0.05, 0.1) is 0 Å². The van der Waals surface area contributed by atoms with E-state index in [1.807, 2.05) is 0 Å². The molecule has 0 unspecified atom stereocenters. The van der Waals surface area contributed by atoms with E-state index in [1.165, 1.54) is 43.6 Å². The Balaban J connectivity index is 2.17. The Morgan fingerprint density at radius 3 is 2.14 bits per heavy atom. The first-order chi connectivity index (χ1) is 6.67. The van der Waals surface area contributed by atoms with Gasteiger partial charge in [-0.05, 0) is 50.7 Å². The molecule has 0 saturated heterocycles. The molecular weight excluding hydrogens is 170 g/mol. The quantitative estimate of drug-likeness (QED) is 0.686. The second kappa shape index (κ2) is 3.45. The third-order valence-electron chi connectivity index (χ3n) is 4.07. The highest BCUT2D eigenvalue weighted by Crippen LogP contribution is 2.45. The lowest BCUT2D eigenvalue weighted by Crippen LogP contribution is -2.34. The van der Waals surface area contributed by atoms with Crippen molar-refractivity contribution in [3.05, 3.63) is 23.5 Å². The van der Waals surface area contributed by atoms with Gasteiger partial charge in [0.15, 0.2) is 0 Å². The van der Waals surface area contributed by atoms with Gasteiger partial charge in [0.1, 0.15) is 0 Å². The van der Waals surface area contributed by atoms with Gasteiger partial charge in [-0.25, -0.2) is 0 Å². The summed E-state index contributed by atoms with van der Waals surface area (Å²) >= 11 is 0. The van der Waals surface area contributed by atoms with Gasteiger partial charge in [0, 0.05) is 17.9 Å². The van der Waals surface area contributed by atoms with E-state index in [0.717, 1.165) is 0 Å². The largest absolute Gasteiger partial charge is 0.349 e. The summed E-state index contributed by atoms with van der Waals surface area (Å²) < 4.78 is 2.49. The van der Waals surface area contributed by atoms with Crippen molar-refractivity contribution in [3.8, 4) is 0 Å². The van der Waals surface area contributed by atoms with Crippen LogP contribution < -0.4 is 0 Å². The lowest BCUT2D eigenvalue weighted by molar-refractivity contribution is 0.0989. The summed E-state index contributed by atoms with van der Waals surface area (Å²) in [5, 5.41) is 0. The first kappa shape index (κ1) is 9.82. The van der Waals surface area contributed by atoms with Crippen LogP contribution in [0.3, 0.4) is 0 Å². The Kier molecular flexibility index (Phi) is 2.42. The molecule has 1 nitrogen and oxygen atoms in total. The number of nitrogens with zero attached hydrogens (tertiary/aromatic N) is 1. The maximum absolute atomic E-state index is 2.49. The normalized spacial score (nSPS) is 19.4. The van der Waals surface area contributed by atoms with Crippen molar-refractivity contribution in [2.45, 2.75) is 53.0 Å². The SMILES string of the molecule is CCC1(Cn2c(C)ccc2C)CCC1. The summed E-state index contributed by atoms with van der Waals surface area (Å²) in [6.45, 7) is 8.02. The van der Waals surface area contributed by atoms with Crippen LogP contribution in [0.15, 0.2) is 12.1 Å². The van der Waals surface area contributed by atoms with Crippen molar-refractivity contribution in [1.29, 1.82) is 0 Å². The van der Waals surface area contributed by atoms with Crippen LogP contribution in [0, 0.1) is 19.3 Å². The van der Waals surface area contributed by atoms with Crippen molar-refractivity contribution in [2.24, 2.45) is 5.41 Å². The number of hydrogen-bond acceptors (Lipinski definition) is 0. The standard InChI is InChI=1S/C13H21N/c1-4-13(8-5-9-13)10-14-11(2)6-7-12(14)3/h6-7H,4-5,8-10H2,1-3H3. The summed E-state index contributed by atoms with van der Waals surface area (Å²) in [5.41, 5.74) is 3.47. The van der Waals surface area contributed by atoms with Crippen LogP contribution in [0.1, 0.15) is 44.0 Å². The van der Waals surface area contributed by atoms with Crippen LogP contribution in [0.5, 0.6) is 0 Å². The minimum atomic E-state index is 0.633. The fourth-order valence-corrected chi connectivity index (χ4v) is 2.58. The Bertz CT molecular complexity index is 293. The van der Waals surface area contributed by atoms with E-state index < -0.39 is 0 Å². The monoisotopic (exact) mass is 191 g/mol. The molecule has 0 N–H and O–H groups in total. The molecule has 0 aromatic carbocycles. The number of hydrogen-bond donors (Lipinski definition) is 0. The number of rotatable bonds is 3. The molecule has 0 spiro atoms. The van der Waals surface area contributed by atoms with Crippen molar-refractivity contribution in [3.63, 3.8) is 0 Å². The van der Waals surface area contributed by atoms with E-state index in [9.17, 15) is 0 Å². The van der Waals surface area contributed by atoms with Gasteiger partial charge in [0.2, 0.25) is 0 Å². The van der Waals surface area contributed by atoms with E-state index in [2.05, 4.69) is 37.5 Å². The van der Waals surface area contributed by atoms with Gasteiger partial charge in [-0.1, -0.05) is 13.3 Å². The fourth-order valence-electron chi connectivity index (χ4n) is 2.58. The average molecular weight is 191 g/mol. The van der Waals surface area contributed by atoms with Crippen LogP contribution in [0.25, 0.3) is 0 Å². The van der Waals surface area contributed by atoms with E-state index in [0.29, 0.717) is 5.41 Å². The highest BCUT2D eigenvalue weighted by molar-refractivity contribution is 5.14. The topological polar surface area (TPSA) is 4.93 Å². The second-order valence-electron chi connectivity index (χ2n) is 4.91. The summed E-state index contributed by atoms with van der Waals surface area (Å²) in [7, 11) is 0. The molecule has 1 heterocycles. The minimum absolute atomic E-state index is 0.633. The Morgan fingerprint density at radius 2 is 1.79 bits per heavy atom. The second-order valence-corrected chi connectivity index (χ2v) is 4.91. The average Bonchev–Trinajstić information content (AvgIpc) is 2.41. The van der Waals surface area contributed by atoms with Crippen LogP contribution in [-0.4, -0.2) is 4.57 Å². The van der Waals surface area contributed by atoms with Gasteiger partial charge in [0.25, 0.3) is 0 Å². The van der Waals surface area contributed by atoms with E-state index in [1.54, 1.807) is 0 Å². The highest BCUT2D eigenvalue weighted by Gasteiger charge is 2.35. The van der Waals surface area contributed by atoms with E-state index in [4.69, 9.17) is 0 Å². The summed E-state index contributed by atoms with van der Waals surface area (Å²) in [6, 6.07) is 4.47. The van der Waals surface area contributed by atoms with Crippen LogP contribution in [0.2, 0.25) is 0 Å². The lowest BCUT2D eigenvalue weighted by Gasteiger charge is -2.42. The molecule has 1 aromatic rings. The maximum atomic E-state index is 2.49. The number of aryl methyl sites for hydroxylation is 2.